The van der Waals surface area contributed by atoms with Gasteiger partial charge in [0, 0.05) is 19.5 Å². The number of aromatic nitrogens is 1. The van der Waals surface area contributed by atoms with Gasteiger partial charge in [0.25, 0.3) is 0 Å². The highest BCUT2D eigenvalue weighted by Crippen LogP contribution is 2.23. The molecule has 0 saturated heterocycles. The zero-order valence-corrected chi connectivity index (χ0v) is 19.8. The fourth-order valence-corrected chi connectivity index (χ4v) is 5.93. The van der Waals surface area contributed by atoms with Gasteiger partial charge in [-0.05, 0) is 49.6 Å². The second kappa shape index (κ2) is 10.3. The summed E-state index contributed by atoms with van der Waals surface area (Å²) in [5.74, 6) is -0.0200. The average Bonchev–Trinajstić information content (AvgIpc) is 3.17. The number of carbonyl (C=O) groups excluding carboxylic acids is 1. The molecule has 0 spiro atoms. The van der Waals surface area contributed by atoms with Crippen LogP contribution in [0.3, 0.4) is 0 Å². The number of thiazole rings is 1. The van der Waals surface area contributed by atoms with Crippen molar-refractivity contribution in [2.24, 2.45) is 0 Å². The van der Waals surface area contributed by atoms with Crippen molar-refractivity contribution in [2.75, 3.05) is 13.1 Å². The Balaban J connectivity index is 1.52. The molecule has 166 valence electrons. The van der Waals surface area contributed by atoms with Gasteiger partial charge in [-0.15, -0.1) is 11.3 Å². The lowest BCUT2D eigenvalue weighted by Gasteiger charge is -2.19. The van der Waals surface area contributed by atoms with Crippen molar-refractivity contribution < 1.29 is 13.2 Å². The molecule has 1 atom stereocenters. The van der Waals surface area contributed by atoms with E-state index in [1.165, 1.54) is 9.01 Å². The minimum atomic E-state index is -3.47. The van der Waals surface area contributed by atoms with E-state index in [1.807, 2.05) is 39.0 Å². The van der Waals surface area contributed by atoms with E-state index in [-0.39, 0.29) is 16.8 Å². The Morgan fingerprint density at radius 2 is 1.77 bits per heavy atom. The number of rotatable bonds is 10. The van der Waals surface area contributed by atoms with Gasteiger partial charge in [0.05, 0.1) is 26.2 Å². The van der Waals surface area contributed by atoms with Gasteiger partial charge < -0.3 is 5.32 Å². The molecule has 0 fully saturated rings. The SMILES string of the molecule is CCN(CC)S(=O)(=O)c1ccc(C(C)NC(=O)CCCc2nc3ccccc3s2)cc1. The summed E-state index contributed by atoms with van der Waals surface area (Å²) in [6.45, 7) is 6.42. The highest BCUT2D eigenvalue weighted by molar-refractivity contribution is 7.89. The molecular weight excluding hydrogens is 430 g/mol. The summed E-state index contributed by atoms with van der Waals surface area (Å²) in [7, 11) is -3.47. The summed E-state index contributed by atoms with van der Waals surface area (Å²) >= 11 is 1.67. The van der Waals surface area contributed by atoms with E-state index in [0.29, 0.717) is 19.5 Å². The van der Waals surface area contributed by atoms with Gasteiger partial charge in [0.1, 0.15) is 0 Å². The third-order valence-electron chi connectivity index (χ3n) is 5.23. The Morgan fingerprint density at radius 1 is 1.10 bits per heavy atom. The van der Waals surface area contributed by atoms with E-state index >= 15 is 0 Å². The molecule has 0 saturated carbocycles. The standard InChI is InChI=1S/C23H29N3O3S2/c1-4-26(5-2)31(28,29)19-15-13-18(14-16-19)17(3)24-22(27)11-8-12-23-25-20-9-6-7-10-21(20)30-23/h6-7,9-10,13-17H,4-5,8,11-12H2,1-3H3,(H,24,27). The van der Waals surface area contributed by atoms with Gasteiger partial charge in [-0.1, -0.05) is 38.1 Å². The average molecular weight is 460 g/mol. The molecule has 1 amide bonds. The molecule has 1 unspecified atom stereocenters. The molecule has 1 aromatic heterocycles. The molecular formula is C23H29N3O3S2. The summed E-state index contributed by atoms with van der Waals surface area (Å²) in [5, 5.41) is 4.04. The fraction of sp³-hybridized carbons (Fsp3) is 0.391. The number of sulfonamides is 1. The number of fused-ring (bicyclic) bond motifs is 1. The maximum atomic E-state index is 12.6. The third-order valence-corrected chi connectivity index (χ3v) is 8.39. The van der Waals surface area contributed by atoms with Crippen LogP contribution in [-0.4, -0.2) is 36.7 Å². The molecule has 0 aliphatic rings. The van der Waals surface area contributed by atoms with E-state index in [9.17, 15) is 13.2 Å². The Kier molecular flexibility index (Phi) is 7.80. The van der Waals surface area contributed by atoms with E-state index in [0.717, 1.165) is 28.9 Å². The number of benzene rings is 2. The van der Waals surface area contributed by atoms with Gasteiger partial charge in [0.15, 0.2) is 0 Å². The predicted octanol–water partition coefficient (Wildman–Crippen LogP) is 4.53. The second-order valence-corrected chi connectivity index (χ2v) is 10.4. The number of para-hydroxylation sites is 1. The first-order valence-corrected chi connectivity index (χ1v) is 12.8. The van der Waals surface area contributed by atoms with Crippen molar-refractivity contribution in [3.8, 4) is 0 Å². The molecule has 8 heteroatoms. The Bertz CT molecular complexity index is 1090. The topological polar surface area (TPSA) is 79.4 Å². The third kappa shape index (κ3) is 5.70. The summed E-state index contributed by atoms with van der Waals surface area (Å²) in [6, 6.07) is 14.6. The van der Waals surface area contributed by atoms with Crippen LogP contribution in [0.4, 0.5) is 0 Å². The maximum absolute atomic E-state index is 12.6. The highest BCUT2D eigenvalue weighted by atomic mass is 32.2. The minimum absolute atomic E-state index is 0.0200. The highest BCUT2D eigenvalue weighted by Gasteiger charge is 2.21. The molecule has 1 heterocycles. The molecule has 3 rings (SSSR count). The Labute approximate surface area is 188 Å². The number of carbonyl (C=O) groups is 1. The number of nitrogens with zero attached hydrogens (tertiary/aromatic N) is 2. The lowest BCUT2D eigenvalue weighted by molar-refractivity contribution is -0.121. The Morgan fingerprint density at radius 3 is 2.42 bits per heavy atom. The van der Waals surface area contributed by atoms with Gasteiger partial charge in [0.2, 0.25) is 15.9 Å². The molecule has 0 aliphatic heterocycles. The molecule has 0 radical (unpaired) electrons. The van der Waals surface area contributed by atoms with Gasteiger partial charge in [-0.25, -0.2) is 13.4 Å². The van der Waals surface area contributed by atoms with E-state index < -0.39 is 10.0 Å². The zero-order chi connectivity index (χ0) is 22.4. The first-order valence-electron chi connectivity index (χ1n) is 10.6. The van der Waals surface area contributed by atoms with Crippen molar-refractivity contribution in [3.63, 3.8) is 0 Å². The van der Waals surface area contributed by atoms with Crippen molar-refractivity contribution in [1.29, 1.82) is 0 Å². The van der Waals surface area contributed by atoms with E-state index in [4.69, 9.17) is 0 Å². The molecule has 1 N–H and O–H groups in total. The monoisotopic (exact) mass is 459 g/mol. The number of hydrogen-bond donors (Lipinski definition) is 1. The van der Waals surface area contributed by atoms with Crippen LogP contribution in [-0.2, 0) is 21.2 Å². The second-order valence-electron chi connectivity index (χ2n) is 7.38. The first-order chi connectivity index (χ1) is 14.8. The lowest BCUT2D eigenvalue weighted by Crippen LogP contribution is -2.30. The first kappa shape index (κ1) is 23.4. The zero-order valence-electron chi connectivity index (χ0n) is 18.2. The number of hydrogen-bond acceptors (Lipinski definition) is 5. The van der Waals surface area contributed by atoms with Crippen LogP contribution in [0, 0.1) is 0 Å². The fourth-order valence-electron chi connectivity index (χ4n) is 3.47. The summed E-state index contributed by atoms with van der Waals surface area (Å²) in [5.41, 5.74) is 1.88. The molecule has 0 bridgehead atoms. The van der Waals surface area contributed by atoms with Crippen LogP contribution in [0.5, 0.6) is 0 Å². The van der Waals surface area contributed by atoms with E-state index in [2.05, 4.69) is 16.4 Å². The number of aryl methyl sites for hydroxylation is 1. The van der Waals surface area contributed by atoms with Crippen LogP contribution in [0.2, 0.25) is 0 Å². The van der Waals surface area contributed by atoms with Crippen molar-refractivity contribution >= 4 is 37.5 Å². The molecule has 0 aliphatic carbocycles. The van der Waals surface area contributed by atoms with Crippen LogP contribution < -0.4 is 5.32 Å². The van der Waals surface area contributed by atoms with Crippen molar-refractivity contribution in [2.45, 2.75) is 51.0 Å². The minimum Gasteiger partial charge on any atom is -0.350 e. The van der Waals surface area contributed by atoms with Gasteiger partial charge >= 0.3 is 0 Å². The molecule has 3 aromatic rings. The Hall–Kier alpha value is -2.29. The summed E-state index contributed by atoms with van der Waals surface area (Å²) in [6.07, 6.45) is 1.94. The predicted molar refractivity (Wildman–Crippen MR) is 126 cm³/mol. The number of nitrogens with one attached hydrogen (secondary N) is 1. The summed E-state index contributed by atoms with van der Waals surface area (Å²) in [4.78, 5) is 17.2. The lowest BCUT2D eigenvalue weighted by atomic mass is 10.1. The van der Waals surface area contributed by atoms with E-state index in [1.54, 1.807) is 35.6 Å². The normalized spacial score (nSPS) is 12.9. The molecule has 2 aromatic carbocycles. The van der Waals surface area contributed by atoms with Gasteiger partial charge in [-0.2, -0.15) is 4.31 Å². The van der Waals surface area contributed by atoms with Crippen LogP contribution in [0.15, 0.2) is 53.4 Å². The largest absolute Gasteiger partial charge is 0.350 e. The van der Waals surface area contributed by atoms with Crippen molar-refractivity contribution in [3.05, 3.63) is 59.1 Å². The summed E-state index contributed by atoms with van der Waals surface area (Å²) < 4.78 is 27.8. The van der Waals surface area contributed by atoms with Crippen LogP contribution in [0.25, 0.3) is 10.2 Å². The van der Waals surface area contributed by atoms with Crippen LogP contribution in [0.1, 0.15) is 50.2 Å². The quantitative estimate of drug-likeness (QED) is 0.483. The number of amides is 1. The van der Waals surface area contributed by atoms with Crippen LogP contribution >= 0.6 is 11.3 Å². The van der Waals surface area contributed by atoms with Crippen molar-refractivity contribution in [1.82, 2.24) is 14.6 Å². The maximum Gasteiger partial charge on any atom is 0.243 e. The molecule has 6 nitrogen and oxygen atoms in total. The molecule has 31 heavy (non-hydrogen) atoms. The van der Waals surface area contributed by atoms with Gasteiger partial charge in [-0.3, -0.25) is 4.79 Å². The smallest absolute Gasteiger partial charge is 0.243 e.